The van der Waals surface area contributed by atoms with Crippen molar-refractivity contribution in [2.45, 2.75) is 25.3 Å². The summed E-state index contributed by atoms with van der Waals surface area (Å²) in [6.07, 6.45) is 0. The van der Waals surface area contributed by atoms with E-state index in [0.29, 0.717) is 18.0 Å². The van der Waals surface area contributed by atoms with Crippen molar-refractivity contribution in [1.82, 2.24) is 5.32 Å². The Morgan fingerprint density at radius 2 is 1.58 bits per heavy atom. The van der Waals surface area contributed by atoms with Crippen molar-refractivity contribution in [3.63, 3.8) is 0 Å². The average molecular weight is 469 g/mol. The van der Waals surface area contributed by atoms with E-state index in [4.69, 9.17) is 9.47 Å². The second-order valence-electron chi connectivity index (χ2n) is 7.63. The number of carbonyl (C=O) groups excluding carboxylic acids is 1. The van der Waals surface area contributed by atoms with Crippen LogP contribution in [0.1, 0.15) is 16.7 Å². The normalized spacial score (nSPS) is 11.0. The summed E-state index contributed by atoms with van der Waals surface area (Å²) in [5.41, 5.74) is 3.39. The molecule has 0 aliphatic rings. The summed E-state index contributed by atoms with van der Waals surface area (Å²) in [4.78, 5) is 12.8. The van der Waals surface area contributed by atoms with Crippen LogP contribution in [0.4, 0.5) is 5.69 Å². The van der Waals surface area contributed by atoms with E-state index in [1.54, 1.807) is 24.3 Å². The van der Waals surface area contributed by atoms with Crippen molar-refractivity contribution in [2.24, 2.45) is 0 Å². The first-order valence-corrected chi connectivity index (χ1v) is 11.8. The highest BCUT2D eigenvalue weighted by Crippen LogP contribution is 2.32. The molecule has 174 valence electrons. The molecule has 0 fully saturated rings. The fourth-order valence-electron chi connectivity index (χ4n) is 3.34. The van der Waals surface area contributed by atoms with Gasteiger partial charge in [0.25, 0.3) is 10.0 Å². The van der Waals surface area contributed by atoms with Crippen molar-refractivity contribution < 1.29 is 22.7 Å². The second-order valence-corrected chi connectivity index (χ2v) is 9.49. The molecule has 1 N–H and O–H groups in total. The van der Waals surface area contributed by atoms with Gasteiger partial charge in [0.05, 0.1) is 24.8 Å². The minimum Gasteiger partial charge on any atom is -0.493 e. The van der Waals surface area contributed by atoms with Gasteiger partial charge in [-0.3, -0.25) is 9.10 Å². The smallest absolute Gasteiger partial charge is 0.264 e. The summed E-state index contributed by atoms with van der Waals surface area (Å²) < 4.78 is 38.8. The Kier molecular flexibility index (Phi) is 7.60. The number of sulfonamides is 1. The van der Waals surface area contributed by atoms with Gasteiger partial charge in [0, 0.05) is 12.6 Å². The highest BCUT2D eigenvalue weighted by atomic mass is 32.2. The molecule has 7 nitrogen and oxygen atoms in total. The molecule has 3 rings (SSSR count). The lowest BCUT2D eigenvalue weighted by Crippen LogP contribution is -2.40. The molecular formula is C25H28N2O5S. The van der Waals surface area contributed by atoms with E-state index in [-0.39, 0.29) is 17.2 Å². The minimum absolute atomic E-state index is 0.00721. The Morgan fingerprint density at radius 3 is 2.21 bits per heavy atom. The molecule has 0 atom stereocenters. The summed E-state index contributed by atoms with van der Waals surface area (Å²) in [5.74, 6) is 0.279. The van der Waals surface area contributed by atoms with Crippen molar-refractivity contribution in [3.8, 4) is 11.5 Å². The van der Waals surface area contributed by atoms with Crippen LogP contribution in [0.2, 0.25) is 0 Å². The molecule has 0 aliphatic carbocycles. The van der Waals surface area contributed by atoms with Gasteiger partial charge < -0.3 is 14.8 Å². The maximum absolute atomic E-state index is 13.6. The number of anilines is 1. The van der Waals surface area contributed by atoms with Gasteiger partial charge in [-0.05, 0) is 43.7 Å². The number of ether oxygens (including phenoxy) is 2. The van der Waals surface area contributed by atoms with Gasteiger partial charge in [-0.25, -0.2) is 8.42 Å². The Labute approximate surface area is 195 Å². The van der Waals surface area contributed by atoms with Crippen molar-refractivity contribution >= 4 is 21.6 Å². The van der Waals surface area contributed by atoms with Crippen molar-refractivity contribution in [2.75, 3.05) is 25.1 Å². The quantitative estimate of drug-likeness (QED) is 0.516. The van der Waals surface area contributed by atoms with E-state index in [2.05, 4.69) is 5.32 Å². The van der Waals surface area contributed by atoms with Crippen molar-refractivity contribution in [1.29, 1.82) is 0 Å². The molecule has 0 spiro atoms. The van der Waals surface area contributed by atoms with Gasteiger partial charge in [0.2, 0.25) is 5.91 Å². The topological polar surface area (TPSA) is 84.9 Å². The Balaban J connectivity index is 1.91. The number of aryl methyl sites for hydroxylation is 2. The third kappa shape index (κ3) is 5.84. The molecule has 0 saturated carbocycles. The molecule has 0 saturated heterocycles. The average Bonchev–Trinajstić information content (AvgIpc) is 2.81. The van der Waals surface area contributed by atoms with Crippen LogP contribution in [0, 0.1) is 13.8 Å². The van der Waals surface area contributed by atoms with E-state index in [1.165, 1.54) is 32.4 Å². The molecule has 0 aromatic heterocycles. The molecule has 0 radical (unpaired) electrons. The first kappa shape index (κ1) is 24.1. The number of methoxy groups -OCH3 is 2. The van der Waals surface area contributed by atoms with Gasteiger partial charge in [-0.15, -0.1) is 0 Å². The van der Waals surface area contributed by atoms with E-state index in [1.807, 2.05) is 38.1 Å². The van der Waals surface area contributed by atoms with E-state index in [9.17, 15) is 13.2 Å². The lowest BCUT2D eigenvalue weighted by Gasteiger charge is -2.24. The highest BCUT2D eigenvalue weighted by Gasteiger charge is 2.28. The lowest BCUT2D eigenvalue weighted by molar-refractivity contribution is -0.119. The second kappa shape index (κ2) is 10.4. The standard InChI is InChI=1S/C25H28N2O5S/c1-18-8-10-21(11-9-18)27(17-25(28)26-16-20-7-5-6-19(2)14-20)33(29,30)22-12-13-23(31-3)24(15-22)32-4/h5-15H,16-17H2,1-4H3,(H,26,28). The highest BCUT2D eigenvalue weighted by molar-refractivity contribution is 7.92. The van der Waals surface area contributed by atoms with Crippen LogP contribution in [0.25, 0.3) is 0 Å². The summed E-state index contributed by atoms with van der Waals surface area (Å²) in [6.45, 7) is 3.82. The number of amides is 1. The first-order chi connectivity index (χ1) is 15.7. The summed E-state index contributed by atoms with van der Waals surface area (Å²) in [5, 5.41) is 2.81. The monoisotopic (exact) mass is 468 g/mol. The third-order valence-electron chi connectivity index (χ3n) is 5.12. The molecule has 0 unspecified atom stereocenters. The molecular weight excluding hydrogens is 440 g/mol. The van der Waals surface area contributed by atoms with Gasteiger partial charge >= 0.3 is 0 Å². The largest absolute Gasteiger partial charge is 0.493 e. The molecule has 33 heavy (non-hydrogen) atoms. The molecule has 8 heteroatoms. The lowest BCUT2D eigenvalue weighted by atomic mass is 10.1. The Morgan fingerprint density at radius 1 is 0.879 bits per heavy atom. The fraction of sp³-hybridized carbons (Fsp3) is 0.240. The number of benzene rings is 3. The predicted octanol–water partition coefficient (Wildman–Crippen LogP) is 3.83. The van der Waals surface area contributed by atoms with Gasteiger partial charge in [0.1, 0.15) is 6.54 Å². The summed E-state index contributed by atoms with van der Waals surface area (Å²) in [7, 11) is -1.16. The van der Waals surface area contributed by atoms with Gasteiger partial charge in [-0.1, -0.05) is 47.5 Å². The number of carbonyl (C=O) groups is 1. The van der Waals surface area contributed by atoms with Crippen LogP contribution in [0.3, 0.4) is 0 Å². The maximum Gasteiger partial charge on any atom is 0.264 e. The molecule has 0 aliphatic heterocycles. The molecule has 0 heterocycles. The molecule has 1 amide bonds. The maximum atomic E-state index is 13.6. The molecule has 3 aromatic rings. The van der Waals surface area contributed by atoms with E-state index in [0.717, 1.165) is 21.0 Å². The van der Waals surface area contributed by atoms with Gasteiger partial charge in [0.15, 0.2) is 11.5 Å². The summed E-state index contributed by atoms with van der Waals surface area (Å²) in [6, 6.07) is 19.1. The Hall–Kier alpha value is -3.52. The van der Waals surface area contributed by atoms with Crippen LogP contribution in [-0.2, 0) is 21.4 Å². The van der Waals surface area contributed by atoms with Crippen LogP contribution in [-0.4, -0.2) is 35.1 Å². The number of nitrogens with zero attached hydrogens (tertiary/aromatic N) is 1. The van der Waals surface area contributed by atoms with Crippen LogP contribution >= 0.6 is 0 Å². The first-order valence-electron chi connectivity index (χ1n) is 10.4. The van der Waals surface area contributed by atoms with Crippen LogP contribution in [0.15, 0.2) is 71.6 Å². The zero-order valence-corrected chi connectivity index (χ0v) is 20.0. The van der Waals surface area contributed by atoms with E-state index < -0.39 is 15.9 Å². The van der Waals surface area contributed by atoms with Gasteiger partial charge in [-0.2, -0.15) is 0 Å². The zero-order chi connectivity index (χ0) is 24.0. The Bertz CT molecular complexity index is 1220. The molecule has 0 bridgehead atoms. The van der Waals surface area contributed by atoms with Crippen LogP contribution < -0.4 is 19.1 Å². The van der Waals surface area contributed by atoms with E-state index >= 15 is 0 Å². The SMILES string of the molecule is COc1ccc(S(=O)(=O)N(CC(=O)NCc2cccc(C)c2)c2ccc(C)cc2)cc1OC. The number of nitrogens with one attached hydrogen (secondary N) is 1. The summed E-state index contributed by atoms with van der Waals surface area (Å²) >= 11 is 0. The third-order valence-corrected chi connectivity index (χ3v) is 6.89. The zero-order valence-electron chi connectivity index (χ0n) is 19.2. The van der Waals surface area contributed by atoms with Crippen molar-refractivity contribution in [3.05, 3.63) is 83.4 Å². The van der Waals surface area contributed by atoms with Crippen LogP contribution in [0.5, 0.6) is 11.5 Å². The minimum atomic E-state index is -4.07. The number of hydrogen-bond donors (Lipinski definition) is 1. The predicted molar refractivity (Wildman–Crippen MR) is 128 cm³/mol. The number of rotatable bonds is 9. The molecule has 3 aromatic carbocycles. The fourth-order valence-corrected chi connectivity index (χ4v) is 4.78. The number of hydrogen-bond acceptors (Lipinski definition) is 5.